The first kappa shape index (κ1) is 14.0. The number of hydrogen-bond donors (Lipinski definition) is 1. The van der Waals surface area contributed by atoms with Crippen molar-refractivity contribution in [3.8, 4) is 0 Å². The minimum Gasteiger partial charge on any atom is -0.355 e. The van der Waals surface area contributed by atoms with Gasteiger partial charge in [0.25, 0.3) is 5.69 Å². The zero-order valence-electron chi connectivity index (χ0n) is 10.8. The molecule has 0 atom stereocenters. The standard InChI is InChI=1S/C12H17ClN4O2/c1-14-7-9-2-4-16(5-3-9)12-11(13)6-10(8-15-12)17(18)19/h6,8-9,14H,2-5,7H2,1H3. The highest BCUT2D eigenvalue weighted by Gasteiger charge is 2.22. The van der Waals surface area contributed by atoms with Crippen LogP contribution >= 0.6 is 11.6 Å². The van der Waals surface area contributed by atoms with Crippen LogP contribution in [0.5, 0.6) is 0 Å². The monoisotopic (exact) mass is 284 g/mol. The number of rotatable bonds is 4. The number of aromatic nitrogens is 1. The van der Waals surface area contributed by atoms with Gasteiger partial charge in [0.05, 0.1) is 9.95 Å². The van der Waals surface area contributed by atoms with Crippen molar-refractivity contribution in [2.75, 3.05) is 31.6 Å². The van der Waals surface area contributed by atoms with Gasteiger partial charge in [0.2, 0.25) is 0 Å². The van der Waals surface area contributed by atoms with Gasteiger partial charge in [-0.3, -0.25) is 10.1 Å². The van der Waals surface area contributed by atoms with Gasteiger partial charge >= 0.3 is 0 Å². The van der Waals surface area contributed by atoms with E-state index in [0.717, 1.165) is 32.5 Å². The van der Waals surface area contributed by atoms with E-state index in [1.54, 1.807) is 0 Å². The Balaban J connectivity index is 2.05. The molecule has 6 nitrogen and oxygen atoms in total. The Morgan fingerprint density at radius 3 is 2.79 bits per heavy atom. The number of nitro groups is 1. The van der Waals surface area contributed by atoms with Crippen LogP contribution in [0.2, 0.25) is 5.02 Å². The molecule has 2 rings (SSSR count). The molecular formula is C12H17ClN4O2. The molecule has 1 fully saturated rings. The lowest BCUT2D eigenvalue weighted by Crippen LogP contribution is -2.37. The highest BCUT2D eigenvalue weighted by molar-refractivity contribution is 6.33. The first-order valence-corrected chi connectivity index (χ1v) is 6.69. The molecule has 1 aromatic heterocycles. The summed E-state index contributed by atoms with van der Waals surface area (Å²) in [5.41, 5.74) is -0.0705. The van der Waals surface area contributed by atoms with Crippen molar-refractivity contribution in [3.63, 3.8) is 0 Å². The Morgan fingerprint density at radius 1 is 1.58 bits per heavy atom. The number of nitrogens with one attached hydrogen (secondary N) is 1. The maximum Gasteiger partial charge on any atom is 0.289 e. The Morgan fingerprint density at radius 2 is 2.26 bits per heavy atom. The molecule has 1 saturated heterocycles. The van der Waals surface area contributed by atoms with Crippen LogP contribution < -0.4 is 10.2 Å². The second-order valence-corrected chi connectivity index (χ2v) is 5.15. The fourth-order valence-corrected chi connectivity index (χ4v) is 2.67. The van der Waals surface area contributed by atoms with Crippen LogP contribution in [0.4, 0.5) is 11.5 Å². The van der Waals surface area contributed by atoms with Crippen LogP contribution in [0.15, 0.2) is 12.3 Å². The van der Waals surface area contributed by atoms with Gasteiger partial charge in [-0.25, -0.2) is 4.98 Å². The van der Waals surface area contributed by atoms with E-state index in [4.69, 9.17) is 11.6 Å². The maximum absolute atomic E-state index is 10.6. The van der Waals surface area contributed by atoms with Crippen LogP contribution in [0.3, 0.4) is 0 Å². The molecule has 19 heavy (non-hydrogen) atoms. The SMILES string of the molecule is CNCC1CCN(c2ncc([N+](=O)[O-])cc2Cl)CC1. The average Bonchev–Trinajstić information content (AvgIpc) is 2.40. The van der Waals surface area contributed by atoms with E-state index in [1.807, 2.05) is 7.05 Å². The lowest BCUT2D eigenvalue weighted by atomic mass is 9.97. The topological polar surface area (TPSA) is 71.3 Å². The largest absolute Gasteiger partial charge is 0.355 e. The lowest BCUT2D eigenvalue weighted by Gasteiger charge is -2.33. The molecule has 0 aromatic carbocycles. The normalized spacial score (nSPS) is 16.6. The molecule has 104 valence electrons. The number of hydrogen-bond acceptors (Lipinski definition) is 5. The van der Waals surface area contributed by atoms with Gasteiger partial charge in [0, 0.05) is 19.2 Å². The molecule has 0 spiro atoms. The Bertz CT molecular complexity index is 461. The second kappa shape index (κ2) is 6.16. The summed E-state index contributed by atoms with van der Waals surface area (Å²) < 4.78 is 0. The van der Waals surface area contributed by atoms with E-state index in [9.17, 15) is 10.1 Å². The summed E-state index contributed by atoms with van der Waals surface area (Å²) in [6.07, 6.45) is 3.42. The van der Waals surface area contributed by atoms with Gasteiger partial charge in [-0.15, -0.1) is 0 Å². The molecule has 0 saturated carbocycles. The number of halogens is 1. The van der Waals surface area contributed by atoms with Crippen LogP contribution in [0, 0.1) is 16.0 Å². The Kier molecular flexibility index (Phi) is 4.55. The number of pyridine rings is 1. The van der Waals surface area contributed by atoms with Crippen molar-refractivity contribution < 1.29 is 4.92 Å². The smallest absolute Gasteiger partial charge is 0.289 e. The molecule has 7 heteroatoms. The van der Waals surface area contributed by atoms with E-state index in [-0.39, 0.29) is 5.69 Å². The Labute approximate surface area is 116 Å². The molecule has 0 unspecified atom stereocenters. The molecule has 2 heterocycles. The molecule has 1 aliphatic heterocycles. The lowest BCUT2D eigenvalue weighted by molar-refractivity contribution is -0.385. The summed E-state index contributed by atoms with van der Waals surface area (Å²) in [4.78, 5) is 16.4. The van der Waals surface area contributed by atoms with Crippen molar-refractivity contribution in [3.05, 3.63) is 27.4 Å². The van der Waals surface area contributed by atoms with Gasteiger partial charge in [0.15, 0.2) is 0 Å². The molecule has 0 amide bonds. The van der Waals surface area contributed by atoms with Crippen molar-refractivity contribution >= 4 is 23.1 Å². The summed E-state index contributed by atoms with van der Waals surface area (Å²) in [7, 11) is 1.96. The van der Waals surface area contributed by atoms with E-state index >= 15 is 0 Å². The van der Waals surface area contributed by atoms with Crippen LogP contribution in [0.1, 0.15) is 12.8 Å². The number of nitrogens with zero attached hydrogens (tertiary/aromatic N) is 3. The first-order valence-electron chi connectivity index (χ1n) is 6.31. The number of anilines is 1. The number of piperidine rings is 1. The zero-order valence-corrected chi connectivity index (χ0v) is 11.6. The quantitative estimate of drug-likeness (QED) is 0.677. The molecule has 0 bridgehead atoms. The predicted molar refractivity (Wildman–Crippen MR) is 74.8 cm³/mol. The summed E-state index contributed by atoms with van der Waals surface area (Å²) >= 11 is 6.08. The highest BCUT2D eigenvalue weighted by Crippen LogP contribution is 2.29. The fraction of sp³-hybridized carbons (Fsp3) is 0.583. The van der Waals surface area contributed by atoms with Crippen molar-refractivity contribution in [2.45, 2.75) is 12.8 Å². The van der Waals surface area contributed by atoms with Gasteiger partial charge in [-0.05, 0) is 32.4 Å². The minimum absolute atomic E-state index is 0.0705. The molecule has 1 aliphatic rings. The summed E-state index contributed by atoms with van der Waals surface area (Å²) in [6.45, 7) is 2.79. The van der Waals surface area contributed by atoms with Gasteiger partial charge < -0.3 is 10.2 Å². The molecule has 1 aromatic rings. The Hall–Kier alpha value is -1.40. The molecule has 1 N–H and O–H groups in total. The minimum atomic E-state index is -0.484. The summed E-state index contributed by atoms with van der Waals surface area (Å²) in [5.74, 6) is 1.33. The third-order valence-electron chi connectivity index (χ3n) is 3.43. The van der Waals surface area contributed by atoms with Crippen molar-refractivity contribution in [1.29, 1.82) is 0 Å². The van der Waals surface area contributed by atoms with Crippen LogP contribution in [-0.4, -0.2) is 36.6 Å². The summed E-state index contributed by atoms with van der Waals surface area (Å²) in [5, 5.41) is 14.2. The molecule has 0 aliphatic carbocycles. The zero-order chi connectivity index (χ0) is 13.8. The van der Waals surface area contributed by atoms with Crippen LogP contribution in [-0.2, 0) is 0 Å². The highest BCUT2D eigenvalue weighted by atomic mass is 35.5. The van der Waals surface area contributed by atoms with Crippen molar-refractivity contribution in [1.82, 2.24) is 10.3 Å². The van der Waals surface area contributed by atoms with Gasteiger partial charge in [-0.2, -0.15) is 0 Å². The van der Waals surface area contributed by atoms with Gasteiger partial charge in [-0.1, -0.05) is 11.6 Å². The van der Waals surface area contributed by atoms with E-state index < -0.39 is 4.92 Å². The van der Waals surface area contributed by atoms with E-state index in [1.165, 1.54) is 12.3 Å². The van der Waals surface area contributed by atoms with Crippen LogP contribution in [0.25, 0.3) is 0 Å². The first-order chi connectivity index (χ1) is 9.11. The summed E-state index contributed by atoms with van der Waals surface area (Å²) in [6, 6.07) is 1.36. The predicted octanol–water partition coefficient (Wildman–Crippen LogP) is 2.08. The van der Waals surface area contributed by atoms with Gasteiger partial charge in [0.1, 0.15) is 12.0 Å². The molecular weight excluding hydrogens is 268 g/mol. The fourth-order valence-electron chi connectivity index (χ4n) is 2.39. The van der Waals surface area contributed by atoms with E-state index in [0.29, 0.717) is 16.8 Å². The van der Waals surface area contributed by atoms with Crippen molar-refractivity contribution in [2.24, 2.45) is 5.92 Å². The third kappa shape index (κ3) is 3.33. The average molecular weight is 285 g/mol. The third-order valence-corrected chi connectivity index (χ3v) is 3.70. The molecule has 0 radical (unpaired) electrons. The second-order valence-electron chi connectivity index (χ2n) is 4.74. The maximum atomic E-state index is 10.6. The van der Waals surface area contributed by atoms with E-state index in [2.05, 4.69) is 15.2 Å².